The fourth-order valence-electron chi connectivity index (χ4n) is 2.76. The zero-order chi connectivity index (χ0) is 20.5. The van der Waals surface area contributed by atoms with Gasteiger partial charge >= 0.3 is 6.09 Å². The molecular weight excluding hydrogens is 364 g/mol. The van der Waals surface area contributed by atoms with Gasteiger partial charge in [0, 0.05) is 37.2 Å². The van der Waals surface area contributed by atoms with E-state index in [0.29, 0.717) is 37.1 Å². The van der Waals surface area contributed by atoms with Crippen LogP contribution in [0.4, 0.5) is 4.79 Å². The number of nitrogens with zero attached hydrogens (tertiary/aromatic N) is 2. The van der Waals surface area contributed by atoms with Crippen LogP contribution in [-0.4, -0.2) is 61.0 Å². The molecule has 0 bridgehead atoms. The smallest absolute Gasteiger partial charge is 0.435 e. The Kier molecular flexibility index (Phi) is 7.94. The Labute approximate surface area is 163 Å². The van der Waals surface area contributed by atoms with Gasteiger partial charge in [-0.25, -0.2) is 9.90 Å². The normalized spacial score (nSPS) is 15.2. The molecule has 1 fully saturated rings. The molecule has 9 nitrogen and oxygen atoms in total. The van der Waals surface area contributed by atoms with Gasteiger partial charge < -0.3 is 20.7 Å². The molecule has 0 saturated carbocycles. The highest BCUT2D eigenvalue weighted by atomic mass is 16.5. The van der Waals surface area contributed by atoms with Crippen molar-refractivity contribution in [3.8, 4) is 0 Å². The molecule has 28 heavy (non-hydrogen) atoms. The number of aliphatic imine (C=N–C) groups is 1. The molecule has 1 aromatic rings. The van der Waals surface area contributed by atoms with Gasteiger partial charge in [-0.1, -0.05) is 12.1 Å². The van der Waals surface area contributed by atoms with Gasteiger partial charge in [-0.2, -0.15) is 4.99 Å². The molecule has 0 aromatic heterocycles. The molecule has 1 heterocycles. The minimum atomic E-state index is -0.772. The third kappa shape index (κ3) is 6.34. The number of amides is 3. The van der Waals surface area contributed by atoms with E-state index in [1.807, 2.05) is 0 Å². The van der Waals surface area contributed by atoms with E-state index in [9.17, 15) is 19.5 Å². The predicted molar refractivity (Wildman–Crippen MR) is 101 cm³/mol. The Morgan fingerprint density at radius 2 is 1.79 bits per heavy atom. The monoisotopic (exact) mass is 389 g/mol. The maximum atomic E-state index is 12.2. The lowest BCUT2D eigenvalue weighted by molar-refractivity contribution is -0.133. The van der Waals surface area contributed by atoms with E-state index >= 15 is 0 Å². The van der Waals surface area contributed by atoms with Crippen molar-refractivity contribution >= 4 is 23.7 Å². The lowest BCUT2D eigenvalue weighted by atomic mass is 10.1. The quantitative estimate of drug-likeness (QED) is 0.555. The van der Waals surface area contributed by atoms with Crippen molar-refractivity contribution in [1.29, 1.82) is 0 Å². The zero-order valence-electron chi connectivity index (χ0n) is 15.8. The lowest BCUT2D eigenvalue weighted by Gasteiger charge is -2.28. The average Bonchev–Trinajstić information content (AvgIpc) is 2.68. The first kappa shape index (κ1) is 21.4. The summed E-state index contributed by atoms with van der Waals surface area (Å²) >= 11 is 0. The summed E-state index contributed by atoms with van der Waals surface area (Å²) in [5, 5.41) is 14.0. The van der Waals surface area contributed by atoms with Gasteiger partial charge in [-0.3, -0.25) is 9.59 Å². The summed E-state index contributed by atoms with van der Waals surface area (Å²) in [7, 11) is 0. The first-order valence-electron chi connectivity index (χ1n) is 9.23. The Bertz CT molecular complexity index is 724. The average molecular weight is 389 g/mol. The summed E-state index contributed by atoms with van der Waals surface area (Å²) in [6.07, 6.45) is -0.207. The molecule has 2 rings (SSSR count). The highest BCUT2D eigenvalue weighted by Gasteiger charge is 2.21. The molecule has 1 aliphatic rings. The minimum Gasteiger partial charge on any atom is -0.448 e. The van der Waals surface area contributed by atoms with Crippen LogP contribution in [0.15, 0.2) is 29.3 Å². The first-order chi connectivity index (χ1) is 13.4. The molecule has 3 N–H and O–H groups in total. The van der Waals surface area contributed by atoms with Crippen molar-refractivity contribution in [3.05, 3.63) is 35.4 Å². The van der Waals surface area contributed by atoms with Crippen LogP contribution < -0.4 is 11.1 Å². The van der Waals surface area contributed by atoms with Gasteiger partial charge in [0.25, 0.3) is 5.91 Å². The van der Waals surface area contributed by atoms with Crippen LogP contribution in [0.5, 0.6) is 0 Å². The fourth-order valence-corrected chi connectivity index (χ4v) is 2.76. The van der Waals surface area contributed by atoms with Crippen molar-refractivity contribution in [1.82, 2.24) is 10.2 Å². The number of piperidine rings is 1. The zero-order valence-corrected chi connectivity index (χ0v) is 15.8. The number of amidine groups is 1. The highest BCUT2D eigenvalue weighted by Crippen LogP contribution is 2.11. The van der Waals surface area contributed by atoms with E-state index in [0.717, 1.165) is 0 Å². The summed E-state index contributed by atoms with van der Waals surface area (Å²) < 4.78 is 4.69. The van der Waals surface area contributed by atoms with E-state index in [4.69, 9.17) is 10.5 Å². The molecule has 3 amide bonds. The first-order valence-corrected chi connectivity index (χ1v) is 9.23. The van der Waals surface area contributed by atoms with Gasteiger partial charge in [-0.05, 0) is 31.9 Å². The molecule has 151 valence electrons. The number of nitrogens with one attached hydrogen (secondary N) is 1. The van der Waals surface area contributed by atoms with Gasteiger partial charge in [0.2, 0.25) is 5.91 Å². The number of hydrogen-bond donors (Lipinski definition) is 2. The molecule has 9 heteroatoms. The Morgan fingerprint density at radius 3 is 2.39 bits per heavy atom. The van der Waals surface area contributed by atoms with Gasteiger partial charge in [-0.15, -0.1) is 0 Å². The molecule has 1 aliphatic heterocycles. The van der Waals surface area contributed by atoms with Crippen LogP contribution in [0.3, 0.4) is 0 Å². The van der Waals surface area contributed by atoms with E-state index in [2.05, 4.69) is 10.3 Å². The van der Waals surface area contributed by atoms with Crippen LogP contribution in [0, 0.1) is 0 Å². The molecule has 0 spiro atoms. The van der Waals surface area contributed by atoms with Crippen molar-refractivity contribution in [2.45, 2.75) is 32.3 Å². The molecule has 1 saturated heterocycles. The van der Waals surface area contributed by atoms with Crippen molar-refractivity contribution in [3.63, 3.8) is 0 Å². The topological polar surface area (TPSA) is 134 Å². The van der Waals surface area contributed by atoms with Crippen LogP contribution >= 0.6 is 0 Å². The summed E-state index contributed by atoms with van der Waals surface area (Å²) in [6, 6.07) is 6.26. The minimum absolute atomic E-state index is 0.00199. The highest BCUT2D eigenvalue weighted by molar-refractivity contribution is 6.03. The van der Waals surface area contributed by atoms with Crippen LogP contribution in [0.25, 0.3) is 0 Å². The standard InChI is InChI=1S/C19H25N4O5/c1-2-28-19(27)22-17(20)13-3-5-14(6-4-13)18(26)21-10-7-16(25)23-11-8-15(24)9-12-23/h3-6,15H,2,7-12H2,1H3,(H,21,26)(H2,20,22,27). The summed E-state index contributed by atoms with van der Waals surface area (Å²) in [5.41, 5.74) is 6.62. The fraction of sp³-hybridized carbons (Fsp3) is 0.474. The molecule has 0 aliphatic carbocycles. The van der Waals surface area contributed by atoms with E-state index in [1.54, 1.807) is 36.1 Å². The van der Waals surface area contributed by atoms with Gasteiger partial charge in [0.05, 0.1) is 12.7 Å². The molecule has 0 unspecified atom stereocenters. The maximum Gasteiger partial charge on any atom is 0.435 e. The van der Waals surface area contributed by atoms with Gasteiger partial charge in [0.1, 0.15) is 5.84 Å². The van der Waals surface area contributed by atoms with Crippen molar-refractivity contribution < 1.29 is 24.2 Å². The Morgan fingerprint density at radius 1 is 1.18 bits per heavy atom. The van der Waals surface area contributed by atoms with E-state index < -0.39 is 12.2 Å². The van der Waals surface area contributed by atoms with Crippen LogP contribution in [0.1, 0.15) is 42.1 Å². The SMILES string of the molecule is CCOC(=O)N=C(N)c1ccc(C(=O)NCCC(=O)N2CCC([O])CC2)cc1. The number of carbonyl (C=O) groups is 3. The number of ether oxygens (including phenoxy) is 1. The number of carbonyl (C=O) groups excluding carboxylic acids is 3. The second kappa shape index (κ2) is 10.4. The van der Waals surface area contributed by atoms with Crippen LogP contribution in [0.2, 0.25) is 0 Å². The predicted octanol–water partition coefficient (Wildman–Crippen LogP) is 1.09. The molecule has 0 atom stereocenters. The maximum absolute atomic E-state index is 12.2. The summed E-state index contributed by atoms with van der Waals surface area (Å²) in [6.45, 7) is 3.05. The largest absolute Gasteiger partial charge is 0.448 e. The molecule has 1 radical (unpaired) electrons. The second-order valence-corrected chi connectivity index (χ2v) is 6.36. The van der Waals surface area contributed by atoms with Crippen molar-refractivity contribution in [2.75, 3.05) is 26.2 Å². The third-order valence-electron chi connectivity index (χ3n) is 4.34. The summed E-state index contributed by atoms with van der Waals surface area (Å²) in [4.78, 5) is 40.8. The Hall–Kier alpha value is -2.94. The number of benzene rings is 1. The number of nitrogens with two attached hydrogens (primary N) is 1. The summed E-state index contributed by atoms with van der Waals surface area (Å²) in [5.74, 6) is -0.387. The van der Waals surface area contributed by atoms with E-state index in [-0.39, 0.29) is 37.2 Å². The van der Waals surface area contributed by atoms with Crippen LogP contribution in [-0.2, 0) is 14.6 Å². The van der Waals surface area contributed by atoms with E-state index in [1.165, 1.54) is 0 Å². The number of likely N-dealkylation sites (tertiary alicyclic amines) is 1. The molecular formula is C19H25N4O5. The van der Waals surface area contributed by atoms with Crippen molar-refractivity contribution in [2.24, 2.45) is 10.7 Å². The number of hydrogen-bond acceptors (Lipinski definition) is 4. The third-order valence-corrected chi connectivity index (χ3v) is 4.34. The second-order valence-electron chi connectivity index (χ2n) is 6.36. The lowest BCUT2D eigenvalue weighted by Crippen LogP contribution is -2.41. The Balaban J connectivity index is 1.81. The molecule has 1 aromatic carbocycles. The van der Waals surface area contributed by atoms with Gasteiger partial charge in [0.15, 0.2) is 0 Å². The number of rotatable bonds is 6.